The normalized spacial score (nSPS) is 14.3. The summed E-state index contributed by atoms with van der Waals surface area (Å²) in [6, 6.07) is 5.55. The first-order chi connectivity index (χ1) is 11.7. The van der Waals surface area contributed by atoms with Crippen LogP contribution in [0.2, 0.25) is 0 Å². The highest BCUT2D eigenvalue weighted by molar-refractivity contribution is 7.13. The Bertz CT molecular complexity index is 671. The van der Waals surface area contributed by atoms with Crippen LogP contribution in [0.1, 0.15) is 0 Å². The number of nitrogens with zero attached hydrogens (tertiary/aromatic N) is 4. The first-order valence-corrected chi connectivity index (χ1v) is 8.48. The minimum absolute atomic E-state index is 0.0706. The summed E-state index contributed by atoms with van der Waals surface area (Å²) in [5, 5.41) is 7.56. The number of carbonyl (C=O) groups is 2. The summed E-state index contributed by atoms with van der Waals surface area (Å²) in [5.41, 5.74) is 0. The van der Waals surface area contributed by atoms with Crippen molar-refractivity contribution < 1.29 is 9.59 Å². The van der Waals surface area contributed by atoms with Gasteiger partial charge in [0.1, 0.15) is 5.82 Å². The molecular weight excluding hydrogens is 328 g/mol. The Hall–Kier alpha value is -2.68. The number of carbonyl (C=O) groups excluding carboxylic acids is 2. The van der Waals surface area contributed by atoms with Crippen LogP contribution in [0.4, 0.5) is 15.7 Å². The second-order valence-corrected chi connectivity index (χ2v) is 6.10. The van der Waals surface area contributed by atoms with Crippen LogP contribution in [0.5, 0.6) is 0 Å². The van der Waals surface area contributed by atoms with E-state index in [0.717, 1.165) is 18.9 Å². The van der Waals surface area contributed by atoms with Gasteiger partial charge in [-0.15, -0.1) is 11.3 Å². The molecule has 2 N–H and O–H groups in total. The van der Waals surface area contributed by atoms with Crippen LogP contribution in [-0.2, 0) is 4.79 Å². The van der Waals surface area contributed by atoms with Crippen LogP contribution < -0.4 is 15.5 Å². The van der Waals surface area contributed by atoms with Crippen LogP contribution in [0.25, 0.3) is 0 Å². The topological polar surface area (TPSA) is 90.5 Å². The molecule has 1 aliphatic rings. The van der Waals surface area contributed by atoms with Gasteiger partial charge in [-0.05, 0) is 12.1 Å². The minimum atomic E-state index is -0.287. The Kier molecular flexibility index (Phi) is 5.22. The zero-order valence-electron chi connectivity index (χ0n) is 13.0. The number of hydrogen-bond donors (Lipinski definition) is 2. The summed E-state index contributed by atoms with van der Waals surface area (Å²) in [6.45, 7) is 2.55. The first kappa shape index (κ1) is 16.2. The average Bonchev–Trinajstić information content (AvgIpc) is 3.13. The number of urea groups is 1. The first-order valence-electron chi connectivity index (χ1n) is 7.60. The quantitative estimate of drug-likeness (QED) is 0.862. The lowest BCUT2D eigenvalue weighted by atomic mass is 10.3. The summed E-state index contributed by atoms with van der Waals surface area (Å²) in [6.07, 6.45) is 3.37. The Morgan fingerprint density at radius 2 is 1.96 bits per heavy atom. The molecule has 0 radical (unpaired) electrons. The number of rotatable bonds is 4. The molecule has 1 fully saturated rings. The fourth-order valence-corrected chi connectivity index (χ4v) is 2.94. The summed E-state index contributed by atoms with van der Waals surface area (Å²) >= 11 is 1.33. The molecule has 0 atom stereocenters. The molecule has 3 heterocycles. The number of pyridine rings is 1. The molecule has 0 saturated carbocycles. The molecule has 3 amide bonds. The third-order valence-electron chi connectivity index (χ3n) is 3.62. The highest BCUT2D eigenvalue weighted by Crippen LogP contribution is 2.12. The van der Waals surface area contributed by atoms with Crippen LogP contribution in [0, 0.1) is 0 Å². The van der Waals surface area contributed by atoms with Crippen molar-refractivity contribution in [2.75, 3.05) is 42.9 Å². The predicted octanol–water partition coefficient (Wildman–Crippen LogP) is 1.01. The number of thiazole rings is 1. The minimum Gasteiger partial charge on any atom is -0.353 e. The Morgan fingerprint density at radius 3 is 2.62 bits per heavy atom. The average molecular weight is 346 g/mol. The smallest absolute Gasteiger partial charge is 0.317 e. The molecule has 8 nitrogen and oxygen atoms in total. The Balaban J connectivity index is 1.41. The number of hydrogen-bond acceptors (Lipinski definition) is 6. The summed E-state index contributed by atoms with van der Waals surface area (Å²) in [7, 11) is 0. The third-order valence-corrected chi connectivity index (χ3v) is 4.31. The lowest BCUT2D eigenvalue weighted by molar-refractivity contribution is -0.115. The van der Waals surface area contributed by atoms with Gasteiger partial charge >= 0.3 is 6.03 Å². The van der Waals surface area contributed by atoms with E-state index in [9.17, 15) is 9.59 Å². The van der Waals surface area contributed by atoms with Gasteiger partial charge in [-0.2, -0.15) is 0 Å². The van der Waals surface area contributed by atoms with Gasteiger partial charge in [-0.25, -0.2) is 14.8 Å². The van der Waals surface area contributed by atoms with Gasteiger partial charge in [0.25, 0.3) is 0 Å². The molecule has 0 aliphatic carbocycles. The molecule has 3 rings (SSSR count). The van der Waals surface area contributed by atoms with E-state index >= 15 is 0 Å². The molecule has 1 aliphatic heterocycles. The van der Waals surface area contributed by atoms with Gasteiger partial charge in [-0.1, -0.05) is 6.07 Å². The summed E-state index contributed by atoms with van der Waals surface area (Å²) in [4.78, 5) is 36.0. The number of aromatic nitrogens is 2. The number of anilines is 2. The molecule has 0 unspecified atom stereocenters. The van der Waals surface area contributed by atoms with Crippen molar-refractivity contribution in [2.24, 2.45) is 0 Å². The molecule has 0 spiro atoms. The Labute approximate surface area is 143 Å². The van der Waals surface area contributed by atoms with Crippen molar-refractivity contribution in [3.8, 4) is 0 Å². The van der Waals surface area contributed by atoms with Crippen LogP contribution in [0.15, 0.2) is 36.0 Å². The van der Waals surface area contributed by atoms with Gasteiger partial charge in [0.15, 0.2) is 5.13 Å². The van der Waals surface area contributed by atoms with Crippen molar-refractivity contribution in [3.05, 3.63) is 36.0 Å². The lowest BCUT2D eigenvalue weighted by Crippen LogP contribution is -2.52. The number of amides is 3. The lowest BCUT2D eigenvalue weighted by Gasteiger charge is -2.35. The van der Waals surface area contributed by atoms with Crippen LogP contribution in [-0.4, -0.2) is 59.5 Å². The van der Waals surface area contributed by atoms with Gasteiger partial charge in [0, 0.05) is 44.0 Å². The molecule has 0 bridgehead atoms. The second kappa shape index (κ2) is 7.73. The van der Waals surface area contributed by atoms with Gasteiger partial charge in [0.05, 0.1) is 6.54 Å². The SMILES string of the molecule is O=C(CNC(=O)N1CCN(c2ccccn2)CC1)Nc1nccs1. The zero-order chi connectivity index (χ0) is 16.8. The van der Waals surface area contributed by atoms with Crippen LogP contribution >= 0.6 is 11.3 Å². The third kappa shape index (κ3) is 4.19. The second-order valence-electron chi connectivity index (χ2n) is 5.21. The molecule has 2 aromatic heterocycles. The van der Waals surface area contributed by atoms with Crippen molar-refractivity contribution in [1.29, 1.82) is 0 Å². The summed E-state index contributed by atoms with van der Waals surface area (Å²) in [5.74, 6) is 0.630. The molecule has 9 heteroatoms. The highest BCUT2D eigenvalue weighted by atomic mass is 32.1. The Morgan fingerprint density at radius 1 is 1.12 bits per heavy atom. The van der Waals surface area contributed by atoms with Gasteiger partial charge < -0.3 is 20.4 Å². The van der Waals surface area contributed by atoms with Crippen molar-refractivity contribution in [2.45, 2.75) is 0 Å². The largest absolute Gasteiger partial charge is 0.353 e. The van der Waals surface area contributed by atoms with Crippen molar-refractivity contribution in [1.82, 2.24) is 20.2 Å². The maximum Gasteiger partial charge on any atom is 0.317 e. The molecular formula is C15H18N6O2S. The molecule has 24 heavy (non-hydrogen) atoms. The van der Waals surface area contributed by atoms with E-state index in [4.69, 9.17) is 0 Å². The van der Waals surface area contributed by atoms with E-state index in [1.165, 1.54) is 11.3 Å². The van der Waals surface area contributed by atoms with Gasteiger partial charge in [-0.3, -0.25) is 4.79 Å². The fourth-order valence-electron chi connectivity index (χ4n) is 2.40. The highest BCUT2D eigenvalue weighted by Gasteiger charge is 2.22. The van der Waals surface area contributed by atoms with E-state index in [2.05, 4.69) is 25.5 Å². The number of piperazine rings is 1. The molecule has 1 saturated heterocycles. The van der Waals surface area contributed by atoms with E-state index in [-0.39, 0.29) is 18.5 Å². The maximum absolute atomic E-state index is 12.1. The van der Waals surface area contributed by atoms with Crippen LogP contribution in [0.3, 0.4) is 0 Å². The predicted molar refractivity (Wildman–Crippen MR) is 92.2 cm³/mol. The molecule has 2 aromatic rings. The van der Waals surface area contributed by atoms with E-state index in [0.29, 0.717) is 18.2 Å². The zero-order valence-corrected chi connectivity index (χ0v) is 13.8. The molecule has 126 valence electrons. The molecule has 0 aromatic carbocycles. The number of nitrogens with one attached hydrogen (secondary N) is 2. The maximum atomic E-state index is 12.1. The van der Waals surface area contributed by atoms with E-state index in [1.54, 1.807) is 22.7 Å². The monoisotopic (exact) mass is 346 g/mol. The van der Waals surface area contributed by atoms with E-state index in [1.807, 2.05) is 18.2 Å². The standard InChI is InChI=1S/C15H18N6O2S/c22-13(19-14-17-5-10-24-14)11-18-15(23)21-8-6-20(7-9-21)12-3-1-2-4-16-12/h1-5,10H,6-9,11H2,(H,18,23)(H,17,19,22). The van der Waals surface area contributed by atoms with Crippen molar-refractivity contribution >= 4 is 34.2 Å². The van der Waals surface area contributed by atoms with Gasteiger partial charge in [0.2, 0.25) is 5.91 Å². The fraction of sp³-hybridized carbons (Fsp3) is 0.333. The summed E-state index contributed by atoms with van der Waals surface area (Å²) < 4.78 is 0. The van der Waals surface area contributed by atoms with Crippen molar-refractivity contribution in [3.63, 3.8) is 0 Å². The van der Waals surface area contributed by atoms with E-state index < -0.39 is 0 Å².